The summed E-state index contributed by atoms with van der Waals surface area (Å²) in [5.41, 5.74) is 3.49. The number of likely N-dealkylation sites (N-methyl/N-ethyl adjacent to an activating group) is 1. The van der Waals surface area contributed by atoms with Crippen LogP contribution in [0, 0.1) is 0 Å². The molecule has 1 fully saturated rings. The van der Waals surface area contributed by atoms with Gasteiger partial charge >= 0.3 is 5.97 Å². The van der Waals surface area contributed by atoms with Crippen LogP contribution in [0.3, 0.4) is 0 Å². The first-order valence-corrected chi connectivity index (χ1v) is 14.0. The van der Waals surface area contributed by atoms with Gasteiger partial charge in [0, 0.05) is 34.3 Å². The average Bonchev–Trinajstić information content (AvgIpc) is 3.16. The van der Waals surface area contributed by atoms with Gasteiger partial charge in [0.1, 0.15) is 16.7 Å². The van der Waals surface area contributed by atoms with Crippen molar-refractivity contribution in [2.45, 2.75) is 6.42 Å². The van der Waals surface area contributed by atoms with E-state index in [2.05, 4.69) is 0 Å². The number of carboxylic acids is 1. The van der Waals surface area contributed by atoms with E-state index in [1.54, 1.807) is 53.4 Å². The highest BCUT2D eigenvalue weighted by molar-refractivity contribution is 8.26. The Balaban J connectivity index is 1.59. The van der Waals surface area contributed by atoms with Crippen molar-refractivity contribution in [3.8, 4) is 16.9 Å². The summed E-state index contributed by atoms with van der Waals surface area (Å²) >= 11 is 19.5. The maximum atomic E-state index is 13.3. The molecule has 1 aliphatic rings. The molecule has 6 nitrogen and oxygen atoms in total. The highest BCUT2D eigenvalue weighted by atomic mass is 35.5. The summed E-state index contributed by atoms with van der Waals surface area (Å²) in [6, 6.07) is 17.6. The van der Waals surface area contributed by atoms with E-state index in [0.29, 0.717) is 44.6 Å². The minimum atomic E-state index is -0.976. The predicted molar refractivity (Wildman–Crippen MR) is 163 cm³/mol. The molecule has 1 amide bonds. The number of aromatic carboxylic acids is 1. The first-order chi connectivity index (χ1) is 18.6. The summed E-state index contributed by atoms with van der Waals surface area (Å²) in [7, 11) is 3.95. The van der Waals surface area contributed by atoms with Crippen LogP contribution in [0.25, 0.3) is 17.2 Å². The Morgan fingerprint density at radius 3 is 2.54 bits per heavy atom. The highest BCUT2D eigenvalue weighted by Gasteiger charge is 2.32. The molecule has 0 spiro atoms. The van der Waals surface area contributed by atoms with Crippen molar-refractivity contribution in [2.24, 2.45) is 0 Å². The number of carbonyl (C=O) groups excluding carboxylic acids is 1. The van der Waals surface area contributed by atoms with Crippen LogP contribution in [-0.2, 0) is 11.2 Å². The molecule has 0 radical (unpaired) electrons. The second-order valence-electron chi connectivity index (χ2n) is 9.11. The van der Waals surface area contributed by atoms with Crippen LogP contribution in [0.4, 0.5) is 0 Å². The van der Waals surface area contributed by atoms with Crippen LogP contribution >= 0.6 is 47.2 Å². The van der Waals surface area contributed by atoms with Gasteiger partial charge in [-0.25, -0.2) is 4.79 Å². The van der Waals surface area contributed by atoms with Gasteiger partial charge in [-0.1, -0.05) is 65.4 Å². The number of hydrogen-bond acceptors (Lipinski definition) is 6. The number of carbonyl (C=O) groups is 2. The van der Waals surface area contributed by atoms with E-state index in [4.69, 9.17) is 45.3 Å². The molecule has 1 heterocycles. The average molecular weight is 602 g/mol. The lowest BCUT2D eigenvalue weighted by atomic mass is 10.0. The van der Waals surface area contributed by atoms with E-state index in [-0.39, 0.29) is 11.5 Å². The first kappa shape index (κ1) is 29.1. The van der Waals surface area contributed by atoms with E-state index in [0.717, 1.165) is 28.8 Å². The quantitative estimate of drug-likeness (QED) is 0.204. The number of benzene rings is 3. The second kappa shape index (κ2) is 13.0. The number of rotatable bonds is 10. The number of carboxylic acid groups (broad SMARTS) is 1. The third-order valence-corrected chi connectivity index (χ3v) is 7.97. The molecule has 0 bridgehead atoms. The van der Waals surface area contributed by atoms with Crippen molar-refractivity contribution >= 4 is 69.5 Å². The Morgan fingerprint density at radius 2 is 1.85 bits per heavy atom. The standard InChI is InChI=1S/C29H26Cl2N2O4S2/c1-32(2)13-14-37-25-10-7-20(23-17-22(30)8-9-24(23)31)15-21(25)16-26-27(34)33(29(38)39-26)12-11-18-3-5-19(6-4-18)28(35)36/h3-10,15-17H,11-14H2,1-2H3,(H,35,36)/b26-16-. The molecule has 202 valence electrons. The van der Waals surface area contributed by atoms with Crippen LogP contribution in [0.2, 0.25) is 10.0 Å². The molecule has 1 aliphatic heterocycles. The molecule has 0 atom stereocenters. The van der Waals surface area contributed by atoms with Gasteiger partial charge in [0.15, 0.2) is 0 Å². The third kappa shape index (κ3) is 7.41. The Morgan fingerprint density at radius 1 is 1.10 bits per heavy atom. The Hall–Kier alpha value is -2.88. The van der Waals surface area contributed by atoms with Crippen LogP contribution in [0.15, 0.2) is 65.6 Å². The molecule has 1 saturated heterocycles. The lowest BCUT2D eigenvalue weighted by Crippen LogP contribution is -2.30. The van der Waals surface area contributed by atoms with Gasteiger partial charge in [-0.15, -0.1) is 0 Å². The Bertz CT molecular complexity index is 1440. The van der Waals surface area contributed by atoms with Gasteiger partial charge in [-0.2, -0.15) is 0 Å². The minimum absolute atomic E-state index is 0.183. The van der Waals surface area contributed by atoms with Crippen molar-refractivity contribution in [1.29, 1.82) is 0 Å². The molecule has 39 heavy (non-hydrogen) atoms. The van der Waals surface area contributed by atoms with Crippen molar-refractivity contribution < 1.29 is 19.4 Å². The SMILES string of the molecule is CN(C)CCOc1ccc(-c2cc(Cl)ccc2Cl)cc1/C=C1\SC(=S)N(CCc2ccc(C(=O)O)cc2)C1=O. The number of amides is 1. The van der Waals surface area contributed by atoms with Crippen LogP contribution in [0.5, 0.6) is 5.75 Å². The molecule has 0 saturated carbocycles. The van der Waals surface area contributed by atoms with E-state index in [1.165, 1.54) is 11.8 Å². The monoisotopic (exact) mass is 600 g/mol. The van der Waals surface area contributed by atoms with E-state index >= 15 is 0 Å². The molecule has 10 heteroatoms. The normalized spacial score (nSPS) is 14.5. The van der Waals surface area contributed by atoms with Crippen LogP contribution < -0.4 is 4.74 Å². The lowest BCUT2D eigenvalue weighted by Gasteiger charge is -2.15. The number of halogens is 2. The molecule has 4 rings (SSSR count). The highest BCUT2D eigenvalue weighted by Crippen LogP contribution is 2.37. The predicted octanol–water partition coefficient (Wildman–Crippen LogP) is 6.74. The van der Waals surface area contributed by atoms with Gasteiger partial charge < -0.3 is 14.7 Å². The molecule has 0 unspecified atom stereocenters. The molecular formula is C29H26Cl2N2O4S2. The molecule has 3 aromatic carbocycles. The summed E-state index contributed by atoms with van der Waals surface area (Å²) < 4.78 is 6.54. The fourth-order valence-corrected chi connectivity index (χ4v) is 5.60. The first-order valence-electron chi connectivity index (χ1n) is 12.1. The smallest absolute Gasteiger partial charge is 0.335 e. The van der Waals surface area contributed by atoms with Gasteiger partial charge in [-0.05, 0) is 80.2 Å². The van der Waals surface area contributed by atoms with Crippen molar-refractivity contribution in [1.82, 2.24) is 9.80 Å². The second-order valence-corrected chi connectivity index (χ2v) is 11.6. The van der Waals surface area contributed by atoms with Gasteiger partial charge in [0.05, 0.1) is 10.5 Å². The number of nitrogens with zero attached hydrogens (tertiary/aromatic N) is 2. The van der Waals surface area contributed by atoms with Crippen LogP contribution in [-0.4, -0.2) is 64.9 Å². The number of thiocarbonyl (C=S) groups is 1. The topological polar surface area (TPSA) is 70.1 Å². The summed E-state index contributed by atoms with van der Waals surface area (Å²) in [6.07, 6.45) is 2.34. The molecule has 0 aliphatic carbocycles. The summed E-state index contributed by atoms with van der Waals surface area (Å²) in [4.78, 5) is 28.5. The fourth-order valence-electron chi connectivity index (χ4n) is 3.91. The largest absolute Gasteiger partial charge is 0.492 e. The summed E-state index contributed by atoms with van der Waals surface area (Å²) in [5.74, 6) is -0.518. The minimum Gasteiger partial charge on any atom is -0.492 e. The van der Waals surface area contributed by atoms with Gasteiger partial charge in [0.25, 0.3) is 5.91 Å². The third-order valence-electron chi connectivity index (χ3n) is 6.03. The van der Waals surface area contributed by atoms with E-state index < -0.39 is 5.97 Å². The van der Waals surface area contributed by atoms with Gasteiger partial charge in [-0.3, -0.25) is 9.69 Å². The maximum Gasteiger partial charge on any atom is 0.335 e. The molecular weight excluding hydrogens is 575 g/mol. The zero-order valence-corrected chi connectivity index (χ0v) is 24.5. The van der Waals surface area contributed by atoms with Crippen molar-refractivity contribution in [3.63, 3.8) is 0 Å². The lowest BCUT2D eigenvalue weighted by molar-refractivity contribution is -0.122. The Kier molecular flexibility index (Phi) is 9.69. The van der Waals surface area contributed by atoms with E-state index in [9.17, 15) is 9.59 Å². The van der Waals surface area contributed by atoms with Crippen molar-refractivity contribution in [3.05, 3.63) is 92.3 Å². The van der Waals surface area contributed by atoms with E-state index in [1.807, 2.05) is 37.2 Å². The summed E-state index contributed by atoms with van der Waals surface area (Å²) in [5, 5.41) is 10.2. The summed E-state index contributed by atoms with van der Waals surface area (Å²) in [6.45, 7) is 1.60. The fraction of sp³-hybridized carbons (Fsp3) is 0.207. The molecule has 3 aromatic rings. The zero-order valence-electron chi connectivity index (χ0n) is 21.3. The maximum absolute atomic E-state index is 13.3. The molecule has 1 N–H and O–H groups in total. The zero-order chi connectivity index (χ0) is 28.1. The number of ether oxygens (including phenoxy) is 1. The van der Waals surface area contributed by atoms with Crippen LogP contribution in [0.1, 0.15) is 21.5 Å². The molecule has 0 aromatic heterocycles. The number of hydrogen-bond donors (Lipinski definition) is 1. The van der Waals surface area contributed by atoms with Crippen molar-refractivity contribution in [2.75, 3.05) is 33.8 Å². The van der Waals surface area contributed by atoms with Gasteiger partial charge in [0.2, 0.25) is 0 Å². The Labute approximate surface area is 247 Å². The number of thioether (sulfide) groups is 1.